The molecular formula is C25H25N3O5S. The van der Waals surface area contributed by atoms with Crippen LogP contribution in [-0.2, 0) is 21.4 Å². The predicted octanol–water partition coefficient (Wildman–Crippen LogP) is 4.42. The third-order valence-corrected chi connectivity index (χ3v) is 6.28. The fourth-order valence-corrected chi connectivity index (χ4v) is 4.19. The van der Waals surface area contributed by atoms with E-state index in [9.17, 15) is 8.42 Å². The molecule has 0 amide bonds. The number of fused-ring (bicyclic) bond motifs is 1. The zero-order valence-corrected chi connectivity index (χ0v) is 19.5. The fraction of sp³-hybridized carbons (Fsp3) is 0.200. The molecular weight excluding hydrogens is 454 g/mol. The highest BCUT2D eigenvalue weighted by Crippen LogP contribution is 2.26. The van der Waals surface area contributed by atoms with E-state index in [0.29, 0.717) is 43.0 Å². The number of nitrogens with zero attached hydrogens (tertiary/aromatic N) is 2. The molecule has 0 bridgehead atoms. The van der Waals surface area contributed by atoms with E-state index in [2.05, 4.69) is 14.7 Å². The van der Waals surface area contributed by atoms with Gasteiger partial charge in [-0.05, 0) is 42.0 Å². The molecule has 4 rings (SSSR count). The van der Waals surface area contributed by atoms with Gasteiger partial charge in [0.15, 0.2) is 0 Å². The molecule has 0 saturated carbocycles. The molecule has 0 atom stereocenters. The number of anilines is 1. The second-order valence-electron chi connectivity index (χ2n) is 7.39. The molecule has 0 radical (unpaired) electrons. The molecule has 34 heavy (non-hydrogen) atoms. The Bertz CT molecular complexity index is 1330. The monoisotopic (exact) mass is 479 g/mol. The fourth-order valence-electron chi connectivity index (χ4n) is 3.19. The van der Waals surface area contributed by atoms with Gasteiger partial charge in [-0.25, -0.2) is 18.4 Å². The Morgan fingerprint density at radius 2 is 1.50 bits per heavy atom. The maximum atomic E-state index is 12.9. The zero-order valence-electron chi connectivity index (χ0n) is 18.7. The summed E-state index contributed by atoms with van der Waals surface area (Å²) in [4.78, 5) is 8.99. The summed E-state index contributed by atoms with van der Waals surface area (Å²) in [5.74, 6) is 0.696. The van der Waals surface area contributed by atoms with E-state index in [1.807, 2.05) is 42.5 Å². The van der Waals surface area contributed by atoms with E-state index in [1.54, 1.807) is 24.3 Å². The van der Waals surface area contributed by atoms with Crippen molar-refractivity contribution in [2.75, 3.05) is 25.0 Å². The lowest BCUT2D eigenvalue weighted by Crippen LogP contribution is -2.16. The van der Waals surface area contributed by atoms with Crippen molar-refractivity contribution in [3.05, 3.63) is 84.4 Å². The van der Waals surface area contributed by atoms with Gasteiger partial charge < -0.3 is 14.2 Å². The Morgan fingerprint density at radius 1 is 0.824 bits per heavy atom. The Kier molecular flexibility index (Phi) is 7.56. The number of benzene rings is 3. The van der Waals surface area contributed by atoms with Crippen LogP contribution in [0.15, 0.2) is 83.8 Å². The van der Waals surface area contributed by atoms with Crippen molar-refractivity contribution in [1.82, 2.24) is 9.97 Å². The molecule has 0 saturated heterocycles. The van der Waals surface area contributed by atoms with Crippen LogP contribution in [0.25, 0.3) is 11.0 Å². The number of hydrogen-bond acceptors (Lipinski definition) is 7. The van der Waals surface area contributed by atoms with Crippen LogP contribution in [0, 0.1) is 0 Å². The molecule has 0 aliphatic heterocycles. The predicted molar refractivity (Wildman–Crippen MR) is 130 cm³/mol. The van der Waals surface area contributed by atoms with Crippen molar-refractivity contribution in [2.45, 2.75) is 17.9 Å². The molecule has 8 nitrogen and oxygen atoms in total. The minimum Gasteiger partial charge on any atom is -0.497 e. The normalized spacial score (nSPS) is 11.3. The summed E-state index contributed by atoms with van der Waals surface area (Å²) >= 11 is 0. The maximum Gasteiger partial charge on any atom is 0.263 e. The van der Waals surface area contributed by atoms with Crippen molar-refractivity contribution in [3.8, 4) is 11.6 Å². The molecule has 9 heteroatoms. The molecule has 1 heterocycles. The first-order valence-corrected chi connectivity index (χ1v) is 12.2. The average Bonchev–Trinajstić information content (AvgIpc) is 2.86. The number of para-hydroxylation sites is 2. The van der Waals surface area contributed by atoms with Crippen molar-refractivity contribution in [1.29, 1.82) is 0 Å². The van der Waals surface area contributed by atoms with Gasteiger partial charge in [0.05, 0.1) is 42.9 Å². The molecule has 1 N–H and O–H groups in total. The number of ether oxygens (including phenoxy) is 3. The molecule has 0 aliphatic rings. The first-order valence-electron chi connectivity index (χ1n) is 10.7. The van der Waals surface area contributed by atoms with Gasteiger partial charge in [0.2, 0.25) is 5.82 Å². The molecule has 4 aromatic rings. The summed E-state index contributed by atoms with van der Waals surface area (Å²) in [6.07, 6.45) is 0.603. The lowest BCUT2D eigenvalue weighted by molar-refractivity contribution is 0.107. The third-order valence-electron chi connectivity index (χ3n) is 4.92. The summed E-state index contributed by atoms with van der Waals surface area (Å²) in [6, 6.07) is 23.2. The van der Waals surface area contributed by atoms with Gasteiger partial charge in [-0.1, -0.05) is 42.5 Å². The molecule has 0 spiro atoms. The smallest absolute Gasteiger partial charge is 0.263 e. The van der Waals surface area contributed by atoms with E-state index in [-0.39, 0.29) is 16.6 Å². The van der Waals surface area contributed by atoms with Gasteiger partial charge in [0.25, 0.3) is 15.9 Å². The summed E-state index contributed by atoms with van der Waals surface area (Å²) < 4.78 is 45.0. The lowest BCUT2D eigenvalue weighted by Gasteiger charge is -2.13. The summed E-state index contributed by atoms with van der Waals surface area (Å²) in [6.45, 7) is 1.30. The largest absolute Gasteiger partial charge is 0.497 e. The number of methoxy groups -OCH3 is 1. The highest BCUT2D eigenvalue weighted by Gasteiger charge is 2.20. The second-order valence-corrected chi connectivity index (χ2v) is 9.07. The van der Waals surface area contributed by atoms with Crippen molar-refractivity contribution < 1.29 is 22.6 Å². The first kappa shape index (κ1) is 23.5. The zero-order chi connectivity index (χ0) is 23.8. The van der Waals surface area contributed by atoms with Crippen molar-refractivity contribution in [3.63, 3.8) is 0 Å². The van der Waals surface area contributed by atoms with Crippen LogP contribution in [-0.4, -0.2) is 38.7 Å². The van der Waals surface area contributed by atoms with Crippen molar-refractivity contribution in [2.24, 2.45) is 0 Å². The van der Waals surface area contributed by atoms with Crippen LogP contribution in [0.5, 0.6) is 11.6 Å². The van der Waals surface area contributed by atoms with Gasteiger partial charge >= 0.3 is 0 Å². The first-order chi connectivity index (χ1) is 16.5. The standard InChI is InChI=1S/C25H25N3O5S/c1-31-20-12-14-21(15-13-20)34(29,30)28-24-25(27-23-11-6-5-10-22(23)26-24)33-17-7-16-32-18-19-8-3-2-4-9-19/h2-6,8-15H,7,16-18H2,1H3,(H,26,28). The summed E-state index contributed by atoms with van der Waals surface area (Å²) in [5.41, 5.74) is 2.25. The van der Waals surface area contributed by atoms with E-state index >= 15 is 0 Å². The van der Waals surface area contributed by atoms with Crippen LogP contribution in [0.2, 0.25) is 0 Å². The number of sulfonamides is 1. The summed E-state index contributed by atoms with van der Waals surface area (Å²) in [7, 11) is -2.40. The maximum absolute atomic E-state index is 12.9. The number of hydrogen-bond donors (Lipinski definition) is 1. The van der Waals surface area contributed by atoms with Gasteiger partial charge in [-0.2, -0.15) is 0 Å². The van der Waals surface area contributed by atoms with E-state index in [1.165, 1.54) is 19.2 Å². The Morgan fingerprint density at radius 3 is 2.21 bits per heavy atom. The van der Waals surface area contributed by atoms with E-state index in [0.717, 1.165) is 5.56 Å². The van der Waals surface area contributed by atoms with Crippen LogP contribution >= 0.6 is 0 Å². The molecule has 0 aliphatic carbocycles. The highest BCUT2D eigenvalue weighted by molar-refractivity contribution is 7.92. The van der Waals surface area contributed by atoms with Gasteiger partial charge in [-0.3, -0.25) is 4.72 Å². The number of nitrogens with one attached hydrogen (secondary N) is 1. The minimum atomic E-state index is -3.91. The molecule has 3 aromatic carbocycles. The van der Waals surface area contributed by atoms with Gasteiger partial charge in [0.1, 0.15) is 5.75 Å². The number of aromatic nitrogens is 2. The van der Waals surface area contributed by atoms with Crippen LogP contribution in [0.3, 0.4) is 0 Å². The molecule has 1 aromatic heterocycles. The third kappa shape index (κ3) is 6.00. The minimum absolute atomic E-state index is 0.0275. The Hall–Kier alpha value is -3.69. The van der Waals surface area contributed by atoms with Crippen LogP contribution in [0.1, 0.15) is 12.0 Å². The van der Waals surface area contributed by atoms with Gasteiger partial charge in [-0.15, -0.1) is 0 Å². The molecule has 0 fully saturated rings. The lowest BCUT2D eigenvalue weighted by atomic mass is 10.2. The Labute approximate surface area is 198 Å². The van der Waals surface area contributed by atoms with E-state index < -0.39 is 10.0 Å². The topological polar surface area (TPSA) is 99.6 Å². The molecule has 0 unspecified atom stereocenters. The average molecular weight is 480 g/mol. The van der Waals surface area contributed by atoms with Crippen molar-refractivity contribution >= 4 is 26.9 Å². The van der Waals surface area contributed by atoms with Crippen LogP contribution in [0.4, 0.5) is 5.82 Å². The SMILES string of the molecule is COc1ccc(S(=O)(=O)Nc2nc3ccccc3nc2OCCCOCc2ccccc2)cc1. The quantitative estimate of drug-likeness (QED) is 0.318. The van der Waals surface area contributed by atoms with Crippen LogP contribution < -0.4 is 14.2 Å². The highest BCUT2D eigenvalue weighted by atomic mass is 32.2. The summed E-state index contributed by atoms with van der Waals surface area (Å²) in [5, 5.41) is 0. The van der Waals surface area contributed by atoms with Gasteiger partial charge in [0, 0.05) is 6.42 Å². The molecule has 176 valence electrons. The second kappa shape index (κ2) is 11.0. The van der Waals surface area contributed by atoms with E-state index in [4.69, 9.17) is 14.2 Å². The number of rotatable bonds is 11. The Balaban J connectivity index is 1.45.